The number of carbonyl (C=O) groups excluding carboxylic acids is 2. The van der Waals surface area contributed by atoms with Crippen molar-refractivity contribution in [3.05, 3.63) is 39.8 Å². The van der Waals surface area contributed by atoms with Crippen LogP contribution in [0.4, 0.5) is 5.69 Å². The van der Waals surface area contributed by atoms with Crippen LogP contribution in [0.25, 0.3) is 10.4 Å². The van der Waals surface area contributed by atoms with Crippen molar-refractivity contribution in [2.75, 3.05) is 6.54 Å². The zero-order valence-electron chi connectivity index (χ0n) is 10.1. The highest BCUT2D eigenvalue weighted by Crippen LogP contribution is 2.27. The number of rotatable bonds is 3. The molecule has 0 aromatic heterocycles. The summed E-state index contributed by atoms with van der Waals surface area (Å²) in [6.45, 7) is 4.27. The van der Waals surface area contributed by atoms with Crippen LogP contribution < -0.4 is 0 Å². The van der Waals surface area contributed by atoms with Crippen LogP contribution in [-0.4, -0.2) is 23.3 Å². The molecule has 0 saturated carbocycles. The van der Waals surface area contributed by atoms with Gasteiger partial charge in [0.15, 0.2) is 0 Å². The molecule has 0 bridgehead atoms. The number of amides is 2. The van der Waals surface area contributed by atoms with Crippen molar-refractivity contribution in [3.8, 4) is 0 Å². The molecule has 0 radical (unpaired) electrons. The van der Waals surface area contributed by atoms with Gasteiger partial charge in [0.2, 0.25) is 0 Å². The molecule has 0 atom stereocenters. The van der Waals surface area contributed by atoms with Gasteiger partial charge < -0.3 is 0 Å². The van der Waals surface area contributed by atoms with Crippen LogP contribution in [0.1, 0.15) is 34.6 Å². The second-order valence-corrected chi connectivity index (χ2v) is 4.53. The van der Waals surface area contributed by atoms with Crippen LogP contribution in [-0.2, 0) is 0 Å². The Morgan fingerprint density at radius 1 is 1.28 bits per heavy atom. The maximum atomic E-state index is 12.1. The fraction of sp³-hybridized carbons (Fsp3) is 0.333. The van der Waals surface area contributed by atoms with E-state index in [0.29, 0.717) is 23.4 Å². The normalized spacial score (nSPS) is 13.8. The summed E-state index contributed by atoms with van der Waals surface area (Å²) >= 11 is 0. The largest absolute Gasteiger partial charge is 0.274 e. The van der Waals surface area contributed by atoms with E-state index in [0.717, 1.165) is 0 Å². The quantitative estimate of drug-likeness (QED) is 0.354. The van der Waals surface area contributed by atoms with E-state index in [1.54, 1.807) is 0 Å². The monoisotopic (exact) mass is 244 g/mol. The number of nitrogens with zero attached hydrogens (tertiary/aromatic N) is 4. The topological polar surface area (TPSA) is 86.1 Å². The van der Waals surface area contributed by atoms with Gasteiger partial charge in [-0.3, -0.25) is 14.5 Å². The average Bonchev–Trinajstić information content (AvgIpc) is 2.55. The van der Waals surface area contributed by atoms with Gasteiger partial charge in [0.1, 0.15) is 0 Å². The second kappa shape index (κ2) is 4.50. The Morgan fingerprint density at radius 3 is 2.56 bits per heavy atom. The van der Waals surface area contributed by atoms with Gasteiger partial charge in [0.05, 0.1) is 11.1 Å². The average molecular weight is 244 g/mol. The molecule has 0 unspecified atom stereocenters. The van der Waals surface area contributed by atoms with Crippen LogP contribution in [0, 0.1) is 5.92 Å². The first-order valence-electron chi connectivity index (χ1n) is 5.60. The fourth-order valence-electron chi connectivity index (χ4n) is 1.92. The molecular formula is C12H12N4O2. The number of carbonyl (C=O) groups is 2. The summed E-state index contributed by atoms with van der Waals surface area (Å²) < 4.78 is 0. The van der Waals surface area contributed by atoms with E-state index in [1.165, 1.54) is 23.1 Å². The van der Waals surface area contributed by atoms with E-state index >= 15 is 0 Å². The third kappa shape index (κ3) is 1.94. The highest BCUT2D eigenvalue weighted by molar-refractivity contribution is 6.21. The fourth-order valence-corrected chi connectivity index (χ4v) is 1.92. The van der Waals surface area contributed by atoms with E-state index in [2.05, 4.69) is 10.0 Å². The molecule has 18 heavy (non-hydrogen) atoms. The molecule has 1 aromatic rings. The smallest absolute Gasteiger partial charge is 0.261 e. The first-order chi connectivity index (χ1) is 8.54. The molecule has 0 fully saturated rings. The van der Waals surface area contributed by atoms with Gasteiger partial charge in [-0.2, -0.15) is 0 Å². The van der Waals surface area contributed by atoms with Crippen molar-refractivity contribution < 1.29 is 9.59 Å². The van der Waals surface area contributed by atoms with Gasteiger partial charge in [0, 0.05) is 17.1 Å². The highest BCUT2D eigenvalue weighted by Gasteiger charge is 2.35. The summed E-state index contributed by atoms with van der Waals surface area (Å²) in [4.78, 5) is 28.0. The Kier molecular flexibility index (Phi) is 3.04. The Morgan fingerprint density at radius 2 is 1.94 bits per heavy atom. The predicted octanol–water partition coefficient (Wildman–Crippen LogP) is 2.88. The zero-order chi connectivity index (χ0) is 13.3. The molecular weight excluding hydrogens is 232 g/mol. The maximum Gasteiger partial charge on any atom is 0.261 e. The van der Waals surface area contributed by atoms with Gasteiger partial charge >= 0.3 is 0 Å². The molecule has 0 saturated heterocycles. The van der Waals surface area contributed by atoms with E-state index < -0.39 is 0 Å². The van der Waals surface area contributed by atoms with Crippen molar-refractivity contribution in [1.82, 2.24) is 4.90 Å². The minimum Gasteiger partial charge on any atom is -0.274 e. The lowest BCUT2D eigenvalue weighted by Gasteiger charge is -2.15. The Hall–Kier alpha value is -2.33. The SMILES string of the molecule is CC(C)CN1C(=O)c2ccc(N=[N+]=[N-])cc2C1=O. The molecule has 6 nitrogen and oxygen atoms in total. The molecule has 0 N–H and O–H groups in total. The van der Waals surface area contributed by atoms with Crippen molar-refractivity contribution in [1.29, 1.82) is 0 Å². The lowest BCUT2D eigenvalue weighted by atomic mass is 10.1. The first kappa shape index (κ1) is 12.1. The second-order valence-electron chi connectivity index (χ2n) is 4.53. The number of hydrogen-bond acceptors (Lipinski definition) is 3. The van der Waals surface area contributed by atoms with E-state index in [-0.39, 0.29) is 17.7 Å². The first-order valence-corrected chi connectivity index (χ1v) is 5.60. The van der Waals surface area contributed by atoms with E-state index in [1.807, 2.05) is 13.8 Å². The summed E-state index contributed by atoms with van der Waals surface area (Å²) in [6, 6.07) is 4.51. The summed E-state index contributed by atoms with van der Waals surface area (Å²) in [6.07, 6.45) is 0. The summed E-state index contributed by atoms with van der Waals surface area (Å²) in [5, 5.41) is 3.43. The zero-order valence-corrected chi connectivity index (χ0v) is 10.1. The van der Waals surface area contributed by atoms with Crippen LogP contribution in [0.3, 0.4) is 0 Å². The molecule has 1 aliphatic rings. The Bertz CT molecular complexity index is 573. The molecule has 92 valence electrons. The van der Waals surface area contributed by atoms with Gasteiger partial charge in [-0.05, 0) is 23.6 Å². The van der Waals surface area contributed by atoms with Crippen molar-refractivity contribution in [2.45, 2.75) is 13.8 Å². The van der Waals surface area contributed by atoms with Crippen LogP contribution in [0.2, 0.25) is 0 Å². The summed E-state index contributed by atoms with van der Waals surface area (Å²) in [5.41, 5.74) is 9.37. The van der Waals surface area contributed by atoms with E-state index in [4.69, 9.17) is 5.53 Å². The van der Waals surface area contributed by atoms with E-state index in [9.17, 15) is 9.59 Å². The maximum absolute atomic E-state index is 12.1. The number of azide groups is 1. The summed E-state index contributed by atoms with van der Waals surface area (Å²) in [7, 11) is 0. The van der Waals surface area contributed by atoms with Crippen LogP contribution >= 0.6 is 0 Å². The number of fused-ring (bicyclic) bond motifs is 1. The molecule has 0 aliphatic carbocycles. The van der Waals surface area contributed by atoms with Gasteiger partial charge in [0.25, 0.3) is 11.8 Å². The van der Waals surface area contributed by atoms with Gasteiger partial charge in [-0.15, -0.1) is 0 Å². The number of hydrogen-bond donors (Lipinski definition) is 0. The Labute approximate surface area is 104 Å². The third-order valence-corrected chi connectivity index (χ3v) is 2.66. The number of benzene rings is 1. The van der Waals surface area contributed by atoms with Crippen molar-refractivity contribution in [2.24, 2.45) is 11.0 Å². The molecule has 2 rings (SSSR count). The lowest BCUT2D eigenvalue weighted by molar-refractivity contribution is 0.0636. The molecule has 1 aliphatic heterocycles. The molecule has 1 aromatic carbocycles. The molecule has 1 heterocycles. The van der Waals surface area contributed by atoms with Crippen molar-refractivity contribution in [3.63, 3.8) is 0 Å². The lowest BCUT2D eigenvalue weighted by Crippen LogP contribution is -2.33. The van der Waals surface area contributed by atoms with Gasteiger partial charge in [-0.1, -0.05) is 25.0 Å². The minimum absolute atomic E-state index is 0.212. The van der Waals surface area contributed by atoms with Gasteiger partial charge in [-0.25, -0.2) is 0 Å². The van der Waals surface area contributed by atoms with Crippen LogP contribution in [0.5, 0.6) is 0 Å². The standard InChI is InChI=1S/C12H12N4O2/c1-7(2)6-16-11(17)9-4-3-8(14-15-13)5-10(9)12(16)18/h3-5,7H,6H2,1-2H3. The summed E-state index contributed by atoms with van der Waals surface area (Å²) in [5.74, 6) is -0.390. The minimum atomic E-state index is -0.321. The van der Waals surface area contributed by atoms with Crippen molar-refractivity contribution >= 4 is 17.5 Å². The molecule has 6 heteroatoms. The van der Waals surface area contributed by atoms with Crippen LogP contribution in [0.15, 0.2) is 23.3 Å². The molecule has 2 amide bonds. The predicted molar refractivity (Wildman–Crippen MR) is 65.5 cm³/mol. The highest BCUT2D eigenvalue weighted by atomic mass is 16.2. The Balaban J connectivity index is 2.42. The number of imide groups is 1. The third-order valence-electron chi connectivity index (χ3n) is 2.66. The molecule has 0 spiro atoms.